The third-order valence-electron chi connectivity index (χ3n) is 1.36. The van der Waals surface area contributed by atoms with Gasteiger partial charge in [-0.15, -0.1) is 0 Å². The molecule has 0 aliphatic carbocycles. The number of aromatic nitrogens is 3. The molecule has 1 rings (SSSR count). The van der Waals surface area contributed by atoms with Gasteiger partial charge in [0.1, 0.15) is 6.33 Å². The van der Waals surface area contributed by atoms with Gasteiger partial charge in [0.05, 0.1) is 19.8 Å². The molecule has 14 heavy (non-hydrogen) atoms. The number of hydrogen-bond acceptors (Lipinski definition) is 7. The van der Waals surface area contributed by atoms with E-state index in [0.29, 0.717) is 25.7 Å². The quantitative estimate of drug-likeness (QED) is 0.498. The molecule has 0 spiro atoms. The van der Waals surface area contributed by atoms with Crippen LogP contribution in [0, 0.1) is 0 Å². The number of aliphatic hydroxyl groups excluding tert-OH is 1. The van der Waals surface area contributed by atoms with E-state index in [2.05, 4.69) is 20.3 Å². The fourth-order valence-electron chi connectivity index (χ4n) is 0.796. The first kappa shape index (κ1) is 10.6. The predicted octanol–water partition coefficient (Wildman–Crippen LogP) is -1.13. The number of nitrogens with one attached hydrogen (secondary N) is 1. The zero-order chi connectivity index (χ0) is 10.2. The molecule has 0 fully saturated rings. The molecule has 0 radical (unpaired) electrons. The monoisotopic (exact) mass is 199 g/mol. The smallest absolute Gasteiger partial charge is 0.227 e. The van der Waals surface area contributed by atoms with Crippen LogP contribution >= 0.6 is 0 Å². The highest BCUT2D eigenvalue weighted by atomic mass is 16.5. The van der Waals surface area contributed by atoms with Gasteiger partial charge in [-0.25, -0.2) is 9.97 Å². The standard InChI is InChI=1S/C7H13N5O2/c8-6-10-5-11-7(12-6)9-1-3-14-4-2-13/h5,13H,1-4H2,(H3,8,9,10,11,12). The summed E-state index contributed by atoms with van der Waals surface area (Å²) in [7, 11) is 0. The van der Waals surface area contributed by atoms with Gasteiger partial charge in [-0.3, -0.25) is 0 Å². The lowest BCUT2D eigenvalue weighted by Gasteiger charge is -2.04. The van der Waals surface area contributed by atoms with Crippen molar-refractivity contribution >= 4 is 11.9 Å². The van der Waals surface area contributed by atoms with Gasteiger partial charge in [0.15, 0.2) is 0 Å². The number of hydrogen-bond donors (Lipinski definition) is 3. The van der Waals surface area contributed by atoms with Crippen LogP contribution in [-0.4, -0.2) is 46.4 Å². The first-order valence-electron chi connectivity index (χ1n) is 4.20. The predicted molar refractivity (Wildman–Crippen MR) is 50.6 cm³/mol. The van der Waals surface area contributed by atoms with Crippen LogP contribution in [0.2, 0.25) is 0 Å². The first-order valence-corrected chi connectivity index (χ1v) is 4.20. The Kier molecular flexibility index (Phi) is 4.59. The largest absolute Gasteiger partial charge is 0.394 e. The van der Waals surface area contributed by atoms with E-state index in [1.54, 1.807) is 0 Å². The van der Waals surface area contributed by atoms with Crippen molar-refractivity contribution in [1.29, 1.82) is 0 Å². The second-order valence-corrected chi connectivity index (χ2v) is 2.43. The van der Waals surface area contributed by atoms with Crippen molar-refractivity contribution in [3.8, 4) is 0 Å². The Morgan fingerprint density at radius 3 is 3.00 bits per heavy atom. The van der Waals surface area contributed by atoms with Crippen LogP contribution in [0.5, 0.6) is 0 Å². The molecule has 0 aliphatic heterocycles. The van der Waals surface area contributed by atoms with Crippen molar-refractivity contribution in [2.24, 2.45) is 0 Å². The van der Waals surface area contributed by atoms with Gasteiger partial charge < -0.3 is 20.9 Å². The first-order chi connectivity index (χ1) is 6.83. The second-order valence-electron chi connectivity index (χ2n) is 2.43. The molecule has 1 heterocycles. The maximum atomic E-state index is 8.42. The van der Waals surface area contributed by atoms with E-state index in [1.165, 1.54) is 6.33 Å². The van der Waals surface area contributed by atoms with Gasteiger partial charge in [-0.05, 0) is 0 Å². The van der Waals surface area contributed by atoms with Crippen molar-refractivity contribution in [3.63, 3.8) is 0 Å². The van der Waals surface area contributed by atoms with E-state index in [1.807, 2.05) is 0 Å². The normalized spacial score (nSPS) is 10.1. The second kappa shape index (κ2) is 6.06. The van der Waals surface area contributed by atoms with Gasteiger partial charge in [0.25, 0.3) is 0 Å². The van der Waals surface area contributed by atoms with Gasteiger partial charge >= 0.3 is 0 Å². The molecule has 78 valence electrons. The zero-order valence-corrected chi connectivity index (χ0v) is 7.68. The van der Waals surface area contributed by atoms with Gasteiger partial charge in [-0.2, -0.15) is 4.98 Å². The van der Waals surface area contributed by atoms with Crippen LogP contribution in [0.25, 0.3) is 0 Å². The van der Waals surface area contributed by atoms with Crippen molar-refractivity contribution in [1.82, 2.24) is 15.0 Å². The summed E-state index contributed by atoms with van der Waals surface area (Å²) in [5.41, 5.74) is 5.34. The molecule has 0 bridgehead atoms. The third-order valence-corrected chi connectivity index (χ3v) is 1.36. The lowest BCUT2D eigenvalue weighted by atomic mass is 10.6. The molecule has 0 aliphatic rings. The Bertz CT molecular complexity index is 270. The molecule has 1 aromatic heterocycles. The summed E-state index contributed by atoms with van der Waals surface area (Å²) in [6.07, 6.45) is 1.33. The Hall–Kier alpha value is -1.47. The topological polar surface area (TPSA) is 106 Å². The van der Waals surface area contributed by atoms with E-state index in [-0.39, 0.29) is 12.6 Å². The van der Waals surface area contributed by atoms with Crippen LogP contribution < -0.4 is 11.1 Å². The third kappa shape index (κ3) is 3.97. The number of aliphatic hydroxyl groups is 1. The Labute approximate surface area is 81.3 Å². The summed E-state index contributed by atoms with van der Waals surface area (Å²) in [6.45, 7) is 1.40. The zero-order valence-electron chi connectivity index (χ0n) is 7.68. The minimum absolute atomic E-state index is 0.0265. The molecule has 7 heteroatoms. The fraction of sp³-hybridized carbons (Fsp3) is 0.571. The number of anilines is 2. The Balaban J connectivity index is 2.18. The number of ether oxygens (including phenoxy) is 1. The van der Waals surface area contributed by atoms with Gasteiger partial charge in [0, 0.05) is 6.54 Å². The number of rotatable bonds is 6. The Morgan fingerprint density at radius 2 is 2.29 bits per heavy atom. The summed E-state index contributed by atoms with van der Waals surface area (Å²) >= 11 is 0. The lowest BCUT2D eigenvalue weighted by Crippen LogP contribution is -2.13. The van der Waals surface area contributed by atoms with Gasteiger partial charge in [-0.1, -0.05) is 0 Å². The number of nitrogens with zero attached hydrogens (tertiary/aromatic N) is 3. The van der Waals surface area contributed by atoms with Crippen LogP contribution in [0.4, 0.5) is 11.9 Å². The maximum Gasteiger partial charge on any atom is 0.227 e. The van der Waals surface area contributed by atoms with Crippen molar-refractivity contribution in [3.05, 3.63) is 6.33 Å². The fourth-order valence-corrected chi connectivity index (χ4v) is 0.796. The van der Waals surface area contributed by atoms with Crippen LogP contribution in [-0.2, 0) is 4.74 Å². The molecular weight excluding hydrogens is 186 g/mol. The summed E-state index contributed by atoms with van der Waals surface area (Å²) in [6, 6.07) is 0. The van der Waals surface area contributed by atoms with E-state index >= 15 is 0 Å². The summed E-state index contributed by atoms with van der Waals surface area (Å²) in [5.74, 6) is 0.601. The molecule has 0 unspecified atom stereocenters. The van der Waals surface area contributed by atoms with Crippen molar-refractivity contribution < 1.29 is 9.84 Å². The minimum Gasteiger partial charge on any atom is -0.394 e. The highest BCUT2D eigenvalue weighted by Gasteiger charge is 1.95. The molecule has 4 N–H and O–H groups in total. The molecule has 1 aromatic rings. The highest BCUT2D eigenvalue weighted by molar-refractivity contribution is 5.28. The molecular formula is C7H13N5O2. The van der Waals surface area contributed by atoms with E-state index in [0.717, 1.165) is 0 Å². The lowest BCUT2D eigenvalue weighted by molar-refractivity contribution is 0.0991. The molecule has 0 amide bonds. The molecule has 0 saturated carbocycles. The Morgan fingerprint density at radius 1 is 1.43 bits per heavy atom. The summed E-state index contributed by atoms with van der Waals surface area (Å²) < 4.78 is 5.02. The molecule has 0 aromatic carbocycles. The van der Waals surface area contributed by atoms with Crippen molar-refractivity contribution in [2.75, 3.05) is 37.4 Å². The van der Waals surface area contributed by atoms with E-state index < -0.39 is 0 Å². The molecule has 7 nitrogen and oxygen atoms in total. The number of nitrogens with two attached hydrogens (primary N) is 1. The van der Waals surface area contributed by atoms with Crippen LogP contribution in [0.1, 0.15) is 0 Å². The molecule has 0 atom stereocenters. The summed E-state index contributed by atoms with van der Waals surface area (Å²) in [4.78, 5) is 11.3. The average Bonchev–Trinajstić information content (AvgIpc) is 2.18. The SMILES string of the molecule is Nc1ncnc(NCCOCCO)n1. The van der Waals surface area contributed by atoms with Crippen LogP contribution in [0.3, 0.4) is 0 Å². The summed E-state index contributed by atoms with van der Waals surface area (Å²) in [5, 5.41) is 11.3. The van der Waals surface area contributed by atoms with Crippen molar-refractivity contribution in [2.45, 2.75) is 0 Å². The van der Waals surface area contributed by atoms with E-state index in [4.69, 9.17) is 15.6 Å². The average molecular weight is 199 g/mol. The van der Waals surface area contributed by atoms with Gasteiger partial charge in [0.2, 0.25) is 11.9 Å². The highest BCUT2D eigenvalue weighted by Crippen LogP contribution is 1.96. The maximum absolute atomic E-state index is 8.42. The molecule has 0 saturated heterocycles. The van der Waals surface area contributed by atoms with Crippen LogP contribution in [0.15, 0.2) is 6.33 Å². The minimum atomic E-state index is 0.0265. The number of nitrogen functional groups attached to an aromatic ring is 1. The van der Waals surface area contributed by atoms with E-state index in [9.17, 15) is 0 Å².